The van der Waals surface area contributed by atoms with Gasteiger partial charge in [0.05, 0.1) is 11.0 Å². The summed E-state index contributed by atoms with van der Waals surface area (Å²) in [5.41, 5.74) is 0.583. The van der Waals surface area contributed by atoms with Crippen LogP contribution in [0.1, 0.15) is 5.56 Å². The molecule has 0 radical (unpaired) electrons. The topological polar surface area (TPSA) is 86.8 Å². The van der Waals surface area contributed by atoms with Crippen LogP contribution in [0, 0.1) is 6.92 Å². The lowest BCUT2D eigenvalue weighted by molar-refractivity contribution is 0.548. The zero-order valence-electron chi connectivity index (χ0n) is 10.8. The van der Waals surface area contributed by atoms with Crippen LogP contribution in [-0.2, 0) is 11.8 Å². The lowest BCUT2D eigenvalue weighted by Crippen LogP contribution is -2.36. The van der Waals surface area contributed by atoms with Gasteiger partial charge in [0, 0.05) is 7.05 Å². The number of benzene rings is 1. The van der Waals surface area contributed by atoms with Crippen molar-refractivity contribution in [1.82, 2.24) is 19.1 Å². The van der Waals surface area contributed by atoms with Crippen molar-refractivity contribution in [3.63, 3.8) is 0 Å². The number of aromatic nitrogens is 4. The van der Waals surface area contributed by atoms with Crippen LogP contribution in [-0.4, -0.2) is 25.5 Å². The quantitative estimate of drug-likeness (QED) is 0.457. The van der Waals surface area contributed by atoms with Crippen LogP contribution < -0.4 is 11.2 Å². The van der Waals surface area contributed by atoms with Crippen LogP contribution in [0.5, 0.6) is 0 Å². The fraction of sp³-hybridized carbons (Fsp3) is 0.154. The zero-order valence-corrected chi connectivity index (χ0v) is 10.8. The van der Waals surface area contributed by atoms with Crippen molar-refractivity contribution < 1.29 is 4.79 Å². The number of hydrogen-bond acceptors (Lipinski definition) is 5. The minimum absolute atomic E-state index is 0.000926. The Morgan fingerprint density at radius 2 is 1.95 bits per heavy atom. The first-order valence-electron chi connectivity index (χ1n) is 5.88. The highest BCUT2D eigenvalue weighted by molar-refractivity contribution is 5.87. The maximum Gasteiger partial charge on any atom is 0.352 e. The summed E-state index contributed by atoms with van der Waals surface area (Å²) in [5, 5.41) is 0. The van der Waals surface area contributed by atoms with E-state index >= 15 is 0 Å². The molecular weight excluding hydrogens is 260 g/mol. The average Bonchev–Trinajstić information content (AvgIpc) is 2.44. The molecule has 0 aromatic heterocycles. The third-order valence-electron chi connectivity index (χ3n) is 3.24. The van der Waals surface area contributed by atoms with Crippen LogP contribution in [0.4, 0.5) is 0 Å². The summed E-state index contributed by atoms with van der Waals surface area (Å²) < 4.78 is 2.04. The molecule has 0 saturated heterocycles. The molecule has 7 heteroatoms. The molecule has 2 aliphatic rings. The molecule has 2 aliphatic heterocycles. The number of fused-ring (bicyclic) bond motifs is 2. The first-order chi connectivity index (χ1) is 9.54. The highest BCUT2D eigenvalue weighted by Gasteiger charge is 2.20. The number of nitrogens with zero attached hydrogens (tertiary/aromatic N) is 4. The minimum Gasteiger partial charge on any atom is -0.278 e. The highest BCUT2D eigenvalue weighted by Crippen LogP contribution is 2.21. The molecule has 7 nitrogen and oxygen atoms in total. The molecule has 1 aromatic carbocycles. The first kappa shape index (κ1) is 12.2. The molecule has 0 saturated carbocycles. The van der Waals surface area contributed by atoms with Gasteiger partial charge in [-0.25, -0.2) is 9.78 Å². The van der Waals surface area contributed by atoms with Gasteiger partial charge in [-0.2, -0.15) is 4.98 Å². The van der Waals surface area contributed by atoms with Crippen LogP contribution in [0.25, 0.3) is 22.6 Å². The average molecular weight is 270 g/mol. The Labute approximate surface area is 112 Å². The van der Waals surface area contributed by atoms with E-state index in [2.05, 4.69) is 9.97 Å². The second kappa shape index (κ2) is 4.09. The van der Waals surface area contributed by atoms with E-state index in [4.69, 9.17) is 0 Å². The SMILES string of the molecule is Cc1cccc2c1nc1c(=O)n(C)c(=O)nc-1n2C=O. The molecule has 1 aromatic rings. The molecule has 3 rings (SSSR count). The standard InChI is InChI=1S/C13H10N4O3/c1-7-4-3-5-8-9(7)14-10-11(17(8)6-18)15-13(20)16(2)12(10)19/h3-6H,1-2H3. The van der Waals surface area contributed by atoms with Crippen molar-refractivity contribution in [2.75, 3.05) is 0 Å². The smallest absolute Gasteiger partial charge is 0.278 e. The van der Waals surface area contributed by atoms with Gasteiger partial charge in [-0.05, 0) is 18.6 Å². The van der Waals surface area contributed by atoms with Crippen molar-refractivity contribution in [2.24, 2.45) is 7.05 Å². The molecule has 0 bridgehead atoms. The predicted octanol–water partition coefficient (Wildman–Crippen LogP) is -0.0583. The Kier molecular flexibility index (Phi) is 2.50. The Balaban J connectivity index is 2.70. The number of carbonyl (C=O) groups excluding carboxylic acids is 1. The van der Waals surface area contributed by atoms with Gasteiger partial charge in [-0.15, -0.1) is 0 Å². The van der Waals surface area contributed by atoms with Gasteiger partial charge >= 0.3 is 5.69 Å². The Morgan fingerprint density at radius 3 is 2.65 bits per heavy atom. The highest BCUT2D eigenvalue weighted by atomic mass is 16.2. The van der Waals surface area contributed by atoms with E-state index in [1.807, 2.05) is 13.0 Å². The van der Waals surface area contributed by atoms with Crippen molar-refractivity contribution in [1.29, 1.82) is 0 Å². The monoisotopic (exact) mass is 270 g/mol. The second-order valence-corrected chi connectivity index (χ2v) is 4.46. The second-order valence-electron chi connectivity index (χ2n) is 4.46. The third kappa shape index (κ3) is 1.49. The van der Waals surface area contributed by atoms with Crippen molar-refractivity contribution in [2.45, 2.75) is 6.92 Å². The van der Waals surface area contributed by atoms with Gasteiger partial charge in [0.15, 0.2) is 11.5 Å². The molecule has 100 valence electrons. The van der Waals surface area contributed by atoms with E-state index in [9.17, 15) is 14.4 Å². The molecule has 0 N–H and O–H groups in total. The summed E-state index contributed by atoms with van der Waals surface area (Å²) >= 11 is 0. The fourth-order valence-electron chi connectivity index (χ4n) is 2.14. The maximum absolute atomic E-state index is 12.1. The third-order valence-corrected chi connectivity index (χ3v) is 3.24. The van der Waals surface area contributed by atoms with Crippen LogP contribution in [0.2, 0.25) is 0 Å². The minimum atomic E-state index is -0.716. The van der Waals surface area contributed by atoms with E-state index in [-0.39, 0.29) is 11.5 Å². The Hall–Kier alpha value is -2.83. The molecule has 0 unspecified atom stereocenters. The van der Waals surface area contributed by atoms with E-state index in [0.29, 0.717) is 17.4 Å². The van der Waals surface area contributed by atoms with Crippen molar-refractivity contribution >= 4 is 17.4 Å². The number of hydrogen-bond donors (Lipinski definition) is 0. The van der Waals surface area contributed by atoms with Crippen LogP contribution >= 0.6 is 0 Å². The zero-order chi connectivity index (χ0) is 14.4. The van der Waals surface area contributed by atoms with Gasteiger partial charge in [0.25, 0.3) is 5.56 Å². The Morgan fingerprint density at radius 1 is 1.20 bits per heavy atom. The molecule has 0 spiro atoms. The van der Waals surface area contributed by atoms with E-state index < -0.39 is 11.2 Å². The van der Waals surface area contributed by atoms with Gasteiger partial charge in [0.1, 0.15) is 0 Å². The fourth-order valence-corrected chi connectivity index (χ4v) is 2.14. The summed E-state index contributed by atoms with van der Waals surface area (Å²) in [4.78, 5) is 43.1. The largest absolute Gasteiger partial charge is 0.352 e. The van der Waals surface area contributed by atoms with E-state index in [1.54, 1.807) is 12.1 Å². The first-order valence-corrected chi connectivity index (χ1v) is 5.88. The van der Waals surface area contributed by atoms with Gasteiger partial charge in [-0.3, -0.25) is 18.7 Å². The number of aryl methyl sites for hydroxylation is 1. The molecular formula is C13H10N4O3. The molecule has 0 fully saturated rings. The molecule has 20 heavy (non-hydrogen) atoms. The molecule has 2 heterocycles. The lowest BCUT2D eigenvalue weighted by Gasteiger charge is -2.13. The normalized spacial score (nSPS) is 11.1. The van der Waals surface area contributed by atoms with Gasteiger partial charge in [0.2, 0.25) is 6.41 Å². The number of carbonyl (C=O) groups is 1. The molecule has 0 atom stereocenters. The number of rotatable bonds is 1. The van der Waals surface area contributed by atoms with Gasteiger partial charge < -0.3 is 0 Å². The predicted molar refractivity (Wildman–Crippen MR) is 72.5 cm³/mol. The van der Waals surface area contributed by atoms with Crippen molar-refractivity contribution in [3.8, 4) is 11.5 Å². The lowest BCUT2D eigenvalue weighted by atomic mass is 10.2. The maximum atomic E-state index is 12.1. The van der Waals surface area contributed by atoms with Gasteiger partial charge in [-0.1, -0.05) is 12.1 Å². The van der Waals surface area contributed by atoms with Crippen LogP contribution in [0.15, 0.2) is 27.8 Å². The molecule has 0 amide bonds. The Bertz CT molecular complexity index is 939. The molecule has 0 aliphatic carbocycles. The van der Waals surface area contributed by atoms with Crippen LogP contribution in [0.3, 0.4) is 0 Å². The summed E-state index contributed by atoms with van der Waals surface area (Å²) in [6.45, 7) is 1.83. The van der Waals surface area contributed by atoms with E-state index in [0.717, 1.165) is 10.1 Å². The summed E-state index contributed by atoms with van der Waals surface area (Å²) in [6.07, 6.45) is 0.525. The summed E-state index contributed by atoms with van der Waals surface area (Å²) in [7, 11) is 1.33. The number of para-hydroxylation sites is 1. The summed E-state index contributed by atoms with van der Waals surface area (Å²) in [5.74, 6) is -0.0220. The van der Waals surface area contributed by atoms with Crippen molar-refractivity contribution in [3.05, 3.63) is 44.6 Å². The summed E-state index contributed by atoms with van der Waals surface area (Å²) in [6, 6.07) is 5.29. The van der Waals surface area contributed by atoms with E-state index in [1.165, 1.54) is 11.6 Å².